The van der Waals surface area contributed by atoms with Crippen molar-refractivity contribution in [3.8, 4) is 11.3 Å². The van der Waals surface area contributed by atoms with Crippen molar-refractivity contribution < 1.29 is 9.21 Å². The first kappa shape index (κ1) is 20.5. The van der Waals surface area contributed by atoms with Crippen molar-refractivity contribution in [1.29, 1.82) is 0 Å². The molecule has 0 spiro atoms. The van der Waals surface area contributed by atoms with Gasteiger partial charge in [0.15, 0.2) is 16.6 Å². The van der Waals surface area contributed by atoms with Crippen molar-refractivity contribution in [2.45, 2.75) is 24.5 Å². The number of hydrogen-bond acceptors (Lipinski definition) is 8. The Morgan fingerprint density at radius 1 is 1.16 bits per heavy atom. The van der Waals surface area contributed by atoms with Gasteiger partial charge in [0, 0.05) is 25.2 Å². The minimum Gasteiger partial charge on any atom is -0.432 e. The predicted molar refractivity (Wildman–Crippen MR) is 123 cm³/mol. The van der Waals surface area contributed by atoms with Gasteiger partial charge < -0.3 is 14.6 Å². The smallest absolute Gasteiger partial charge is 0.307 e. The molecule has 5 rings (SSSR count). The first-order valence-electron chi connectivity index (χ1n) is 10.5. The van der Waals surface area contributed by atoms with Gasteiger partial charge in [0.2, 0.25) is 0 Å². The van der Waals surface area contributed by atoms with Crippen LogP contribution in [0.2, 0.25) is 0 Å². The van der Waals surface area contributed by atoms with Crippen LogP contribution in [-0.4, -0.2) is 56.5 Å². The molecule has 32 heavy (non-hydrogen) atoms. The molecule has 4 heterocycles. The molecule has 1 amide bonds. The average Bonchev–Trinajstić information content (AvgIpc) is 3.60. The normalized spacial score (nSPS) is 13.7. The molecule has 1 aromatic carbocycles. The second-order valence-electron chi connectivity index (χ2n) is 7.48. The number of benzene rings is 1. The van der Waals surface area contributed by atoms with Gasteiger partial charge in [-0.1, -0.05) is 42.1 Å². The molecule has 1 saturated heterocycles. The molecule has 1 aliphatic rings. The van der Waals surface area contributed by atoms with E-state index in [9.17, 15) is 4.79 Å². The topological polar surface area (TPSA) is 102 Å². The zero-order valence-corrected chi connectivity index (χ0v) is 18.5. The van der Waals surface area contributed by atoms with Gasteiger partial charge in [0.1, 0.15) is 5.82 Å². The van der Waals surface area contributed by atoms with E-state index in [1.807, 2.05) is 47.5 Å². The quantitative estimate of drug-likeness (QED) is 0.339. The van der Waals surface area contributed by atoms with Crippen LogP contribution in [0, 0.1) is 0 Å². The number of hydrogen-bond donors (Lipinski definition) is 1. The number of anilines is 1. The number of rotatable bonds is 7. The molecule has 3 aromatic heterocycles. The molecule has 4 aromatic rings. The number of nitrogens with zero attached hydrogens (tertiary/aromatic N) is 6. The maximum Gasteiger partial charge on any atom is 0.307 e. The van der Waals surface area contributed by atoms with Crippen LogP contribution in [0.3, 0.4) is 0 Å². The number of fused-ring (bicyclic) bond motifs is 1. The number of oxazole rings is 1. The van der Waals surface area contributed by atoms with E-state index in [4.69, 9.17) is 9.40 Å². The summed E-state index contributed by atoms with van der Waals surface area (Å²) in [6.07, 6.45) is 7.69. The van der Waals surface area contributed by atoms with Crippen molar-refractivity contribution in [2.75, 3.05) is 30.8 Å². The first-order chi connectivity index (χ1) is 15.7. The van der Waals surface area contributed by atoms with E-state index in [2.05, 4.69) is 25.3 Å². The molecule has 0 bridgehead atoms. The van der Waals surface area contributed by atoms with Crippen LogP contribution in [-0.2, 0) is 6.54 Å². The van der Waals surface area contributed by atoms with Gasteiger partial charge in [-0.05, 0) is 19.1 Å². The second kappa shape index (κ2) is 8.99. The molecular formula is C22H23N7O2S. The highest BCUT2D eigenvalue weighted by molar-refractivity contribution is 7.98. The Morgan fingerprint density at radius 2 is 1.97 bits per heavy atom. The third-order valence-electron chi connectivity index (χ3n) is 5.41. The monoisotopic (exact) mass is 449 g/mol. The Bertz CT molecular complexity index is 1230. The van der Waals surface area contributed by atoms with Crippen LogP contribution in [0.1, 0.15) is 23.5 Å². The maximum atomic E-state index is 12.5. The third kappa shape index (κ3) is 4.05. The molecule has 10 heteroatoms. The maximum absolute atomic E-state index is 12.5. The third-order valence-corrected chi connectivity index (χ3v) is 5.96. The molecule has 0 radical (unpaired) electrons. The van der Waals surface area contributed by atoms with Crippen molar-refractivity contribution >= 4 is 34.5 Å². The summed E-state index contributed by atoms with van der Waals surface area (Å²) in [5.41, 5.74) is 1.66. The van der Waals surface area contributed by atoms with Gasteiger partial charge in [0.25, 0.3) is 5.89 Å². The van der Waals surface area contributed by atoms with Gasteiger partial charge in [-0.25, -0.2) is 19.6 Å². The lowest BCUT2D eigenvalue weighted by Crippen LogP contribution is -2.27. The fourth-order valence-electron chi connectivity index (χ4n) is 3.81. The van der Waals surface area contributed by atoms with E-state index < -0.39 is 0 Å². The molecule has 0 atom stereocenters. The van der Waals surface area contributed by atoms with E-state index in [0.29, 0.717) is 18.8 Å². The summed E-state index contributed by atoms with van der Waals surface area (Å²) < 4.78 is 7.43. The highest BCUT2D eigenvalue weighted by atomic mass is 32.2. The average molecular weight is 450 g/mol. The van der Waals surface area contributed by atoms with E-state index in [0.717, 1.165) is 40.7 Å². The van der Waals surface area contributed by atoms with Crippen molar-refractivity contribution in [1.82, 2.24) is 30.0 Å². The molecule has 0 unspecified atom stereocenters. The number of amides is 1. The molecule has 1 N–H and O–H groups in total. The van der Waals surface area contributed by atoms with Crippen LogP contribution < -0.4 is 10.2 Å². The zero-order chi connectivity index (χ0) is 21.9. The van der Waals surface area contributed by atoms with Gasteiger partial charge in [-0.2, -0.15) is 5.10 Å². The molecule has 0 saturated carbocycles. The highest BCUT2D eigenvalue weighted by Crippen LogP contribution is 2.28. The van der Waals surface area contributed by atoms with Crippen molar-refractivity contribution in [3.63, 3.8) is 0 Å². The van der Waals surface area contributed by atoms with Gasteiger partial charge in [0.05, 0.1) is 24.3 Å². The Kier molecular flexibility index (Phi) is 5.76. The lowest BCUT2D eigenvalue weighted by molar-refractivity contribution is 0.0918. The second-order valence-corrected chi connectivity index (χ2v) is 8.26. The Labute approximate surface area is 189 Å². The molecular weight excluding hydrogens is 426 g/mol. The van der Waals surface area contributed by atoms with Crippen molar-refractivity contribution in [2.24, 2.45) is 0 Å². The van der Waals surface area contributed by atoms with Crippen molar-refractivity contribution in [3.05, 3.63) is 48.6 Å². The number of nitrogens with one attached hydrogen (secondary N) is 1. The van der Waals surface area contributed by atoms with E-state index >= 15 is 0 Å². The van der Waals surface area contributed by atoms with Gasteiger partial charge >= 0.3 is 5.91 Å². The molecule has 9 nitrogen and oxygen atoms in total. The number of thioether (sulfide) groups is 1. The number of aromatic nitrogens is 5. The number of carbonyl (C=O) groups is 1. The van der Waals surface area contributed by atoms with Crippen LogP contribution in [0.5, 0.6) is 0 Å². The summed E-state index contributed by atoms with van der Waals surface area (Å²) in [7, 11) is 0. The molecule has 0 aliphatic carbocycles. The summed E-state index contributed by atoms with van der Waals surface area (Å²) >= 11 is 1.51. The fraction of sp³-hybridized carbons (Fsp3) is 0.318. The summed E-state index contributed by atoms with van der Waals surface area (Å²) in [6, 6.07) is 9.56. The van der Waals surface area contributed by atoms with Crippen LogP contribution in [0.4, 0.5) is 5.82 Å². The Balaban J connectivity index is 1.28. The van der Waals surface area contributed by atoms with Crippen LogP contribution in [0.15, 0.2) is 52.3 Å². The standard InChI is InChI=1S/C22H23N7O2S/c1-32-22-26-18(28-10-5-6-11-28)16-13-25-29(19(16)27-22)12-9-23-20(30)21-24-14-17(31-21)15-7-3-2-4-8-15/h2-4,7-8,13-14H,5-6,9-12H2,1H3,(H,23,30). The molecule has 164 valence electrons. The van der Waals surface area contributed by atoms with Crippen LogP contribution in [0.25, 0.3) is 22.4 Å². The largest absolute Gasteiger partial charge is 0.432 e. The minimum absolute atomic E-state index is 0.0393. The number of carbonyl (C=O) groups excluding carboxylic acids is 1. The summed E-state index contributed by atoms with van der Waals surface area (Å²) in [4.78, 5) is 28.3. The minimum atomic E-state index is -0.360. The SMILES string of the molecule is CSc1nc(N2CCCC2)c2cnn(CCNC(=O)c3ncc(-c4ccccc4)o3)c2n1. The van der Waals surface area contributed by atoms with Gasteiger partial charge in [-0.15, -0.1) is 0 Å². The van der Waals surface area contributed by atoms with E-state index in [-0.39, 0.29) is 11.8 Å². The lowest BCUT2D eigenvalue weighted by Gasteiger charge is -2.17. The van der Waals surface area contributed by atoms with Crippen LogP contribution >= 0.6 is 11.8 Å². The van der Waals surface area contributed by atoms with E-state index in [1.165, 1.54) is 24.6 Å². The highest BCUT2D eigenvalue weighted by Gasteiger charge is 2.21. The summed E-state index contributed by atoms with van der Waals surface area (Å²) in [6.45, 7) is 2.85. The fourth-order valence-corrected chi connectivity index (χ4v) is 4.17. The summed E-state index contributed by atoms with van der Waals surface area (Å²) in [5.74, 6) is 1.18. The predicted octanol–water partition coefficient (Wildman–Crippen LogP) is 3.23. The zero-order valence-electron chi connectivity index (χ0n) is 17.7. The Morgan fingerprint density at radius 3 is 2.75 bits per heavy atom. The Hall–Kier alpha value is -3.40. The molecule has 1 aliphatic heterocycles. The van der Waals surface area contributed by atoms with E-state index in [1.54, 1.807) is 6.20 Å². The first-order valence-corrected chi connectivity index (χ1v) is 11.8. The summed E-state index contributed by atoms with van der Waals surface area (Å²) in [5, 5.41) is 9.02. The molecule has 1 fully saturated rings. The lowest BCUT2D eigenvalue weighted by atomic mass is 10.2. The van der Waals surface area contributed by atoms with Gasteiger partial charge in [-0.3, -0.25) is 4.79 Å².